The number of carbonyl (C=O) groups is 1. The zero-order valence-corrected chi connectivity index (χ0v) is 15.5. The lowest BCUT2D eigenvalue weighted by Crippen LogP contribution is -2.31. The van der Waals surface area contributed by atoms with Gasteiger partial charge >= 0.3 is 0 Å². The van der Waals surface area contributed by atoms with Crippen molar-refractivity contribution in [2.24, 2.45) is 0 Å². The third-order valence-corrected chi connectivity index (χ3v) is 4.19. The van der Waals surface area contributed by atoms with Crippen molar-refractivity contribution in [3.05, 3.63) is 68.9 Å². The number of benzene rings is 1. The van der Waals surface area contributed by atoms with Gasteiger partial charge in [0.15, 0.2) is 0 Å². The first-order valence-corrected chi connectivity index (χ1v) is 8.30. The summed E-state index contributed by atoms with van der Waals surface area (Å²) in [5.41, 5.74) is 5.25. The second-order valence-electron chi connectivity index (χ2n) is 5.32. The van der Waals surface area contributed by atoms with E-state index in [0.717, 1.165) is 10.9 Å². The maximum Gasteiger partial charge on any atom is 0.273 e. The Morgan fingerprint density at radius 3 is 2.59 bits per heavy atom. The number of hydrogen-bond acceptors (Lipinski definition) is 6. The molecule has 1 amide bonds. The fourth-order valence-corrected chi connectivity index (χ4v) is 3.01. The van der Waals surface area contributed by atoms with Gasteiger partial charge < -0.3 is 15.8 Å². The molecule has 0 aliphatic rings. The number of pyridine rings is 1. The number of nitrogens with zero attached hydrogens (tertiary/aromatic N) is 3. The number of ether oxygens (including phenoxy) is 1. The maximum atomic E-state index is 12.9. The zero-order chi connectivity index (χ0) is 19.6. The Kier molecular flexibility index (Phi) is 5.29. The van der Waals surface area contributed by atoms with Crippen LogP contribution < -0.4 is 21.3 Å². The van der Waals surface area contributed by atoms with Crippen molar-refractivity contribution in [1.82, 2.24) is 14.5 Å². The molecule has 27 heavy (non-hydrogen) atoms. The molecule has 138 valence electrons. The number of rotatable bonds is 4. The van der Waals surface area contributed by atoms with Crippen molar-refractivity contribution in [3.8, 4) is 11.4 Å². The molecule has 3 rings (SSSR count). The fourth-order valence-electron chi connectivity index (χ4n) is 2.36. The summed E-state index contributed by atoms with van der Waals surface area (Å²) < 4.78 is 6.14. The molecule has 0 atom stereocenters. The molecule has 0 aliphatic heterocycles. The molecule has 2 aromatic heterocycles. The van der Waals surface area contributed by atoms with E-state index in [1.807, 2.05) is 0 Å². The SMILES string of the molecule is COc1cc(Cl)c(-n2cnc(N)c(C(=O)Nc3cccnc3)c2=O)c(Cl)c1. The van der Waals surface area contributed by atoms with Crippen LogP contribution in [0.5, 0.6) is 5.75 Å². The average molecular weight is 406 g/mol. The Bertz CT molecular complexity index is 1050. The molecule has 0 radical (unpaired) electrons. The molecule has 8 nitrogen and oxygen atoms in total. The van der Waals surface area contributed by atoms with E-state index < -0.39 is 11.5 Å². The largest absolute Gasteiger partial charge is 0.497 e. The van der Waals surface area contributed by atoms with Gasteiger partial charge in [-0.25, -0.2) is 4.98 Å². The Labute approximate surface area is 163 Å². The molecule has 1 aromatic carbocycles. The number of halogens is 2. The first-order valence-electron chi connectivity index (χ1n) is 7.54. The molecule has 10 heteroatoms. The van der Waals surface area contributed by atoms with E-state index in [9.17, 15) is 9.59 Å². The Hall–Kier alpha value is -3.10. The minimum absolute atomic E-state index is 0.145. The van der Waals surface area contributed by atoms with E-state index in [4.69, 9.17) is 33.7 Å². The highest BCUT2D eigenvalue weighted by Gasteiger charge is 2.21. The summed E-state index contributed by atoms with van der Waals surface area (Å²) in [6, 6.07) is 6.23. The lowest BCUT2D eigenvalue weighted by Gasteiger charge is -2.13. The van der Waals surface area contributed by atoms with E-state index in [0.29, 0.717) is 11.4 Å². The van der Waals surface area contributed by atoms with Crippen LogP contribution >= 0.6 is 23.2 Å². The van der Waals surface area contributed by atoms with Crippen molar-refractivity contribution in [3.63, 3.8) is 0 Å². The third-order valence-electron chi connectivity index (χ3n) is 3.61. The highest BCUT2D eigenvalue weighted by molar-refractivity contribution is 6.38. The fraction of sp³-hybridized carbons (Fsp3) is 0.0588. The van der Waals surface area contributed by atoms with Crippen LogP contribution in [0, 0.1) is 0 Å². The standard InChI is InChI=1S/C17H13Cl2N5O3/c1-27-10-5-11(18)14(12(19)6-10)24-8-22-15(20)13(17(24)26)16(25)23-9-3-2-4-21-7-9/h2-8H,20H2,1H3,(H,23,25). The van der Waals surface area contributed by atoms with Gasteiger partial charge in [0.25, 0.3) is 11.5 Å². The summed E-state index contributed by atoms with van der Waals surface area (Å²) in [4.78, 5) is 33.3. The summed E-state index contributed by atoms with van der Waals surface area (Å²) in [6.07, 6.45) is 4.13. The van der Waals surface area contributed by atoms with Gasteiger partial charge in [0.2, 0.25) is 0 Å². The molecule has 3 N–H and O–H groups in total. The number of nitrogens with one attached hydrogen (secondary N) is 1. The van der Waals surface area contributed by atoms with E-state index in [1.54, 1.807) is 18.3 Å². The summed E-state index contributed by atoms with van der Waals surface area (Å²) in [5, 5.41) is 2.84. The lowest BCUT2D eigenvalue weighted by molar-refractivity contribution is 0.102. The zero-order valence-electron chi connectivity index (χ0n) is 13.9. The van der Waals surface area contributed by atoms with Gasteiger partial charge in [-0.05, 0) is 12.1 Å². The van der Waals surface area contributed by atoms with Crippen LogP contribution in [-0.2, 0) is 0 Å². The number of nitrogen functional groups attached to an aromatic ring is 1. The van der Waals surface area contributed by atoms with Crippen molar-refractivity contribution >= 4 is 40.6 Å². The Morgan fingerprint density at radius 1 is 1.30 bits per heavy atom. The van der Waals surface area contributed by atoms with Gasteiger partial charge in [0.05, 0.1) is 34.7 Å². The number of nitrogens with two attached hydrogens (primary N) is 1. The predicted octanol–water partition coefficient (Wildman–Crippen LogP) is 2.78. The average Bonchev–Trinajstić information content (AvgIpc) is 2.63. The Morgan fingerprint density at radius 2 is 2.00 bits per heavy atom. The smallest absolute Gasteiger partial charge is 0.273 e. The summed E-state index contributed by atoms with van der Waals surface area (Å²) in [6.45, 7) is 0. The number of carbonyl (C=O) groups excluding carboxylic acids is 1. The first-order chi connectivity index (χ1) is 12.9. The molecule has 0 bridgehead atoms. The van der Waals surface area contributed by atoms with Crippen LogP contribution in [0.25, 0.3) is 5.69 Å². The van der Waals surface area contributed by atoms with E-state index >= 15 is 0 Å². The van der Waals surface area contributed by atoms with Crippen molar-refractivity contribution < 1.29 is 9.53 Å². The van der Waals surface area contributed by atoms with Crippen LogP contribution in [0.3, 0.4) is 0 Å². The van der Waals surface area contributed by atoms with Gasteiger partial charge in [-0.3, -0.25) is 19.1 Å². The van der Waals surface area contributed by atoms with Gasteiger partial charge in [0, 0.05) is 18.3 Å². The summed E-state index contributed by atoms with van der Waals surface area (Å²) in [5.74, 6) is -0.536. The molecule has 2 heterocycles. The lowest BCUT2D eigenvalue weighted by atomic mass is 10.2. The summed E-state index contributed by atoms with van der Waals surface area (Å²) >= 11 is 12.5. The molecule has 0 saturated carbocycles. The quantitative estimate of drug-likeness (QED) is 0.689. The van der Waals surface area contributed by atoms with Crippen LogP contribution in [0.4, 0.5) is 11.5 Å². The van der Waals surface area contributed by atoms with E-state index in [-0.39, 0.29) is 27.1 Å². The van der Waals surface area contributed by atoms with Gasteiger partial charge in [-0.2, -0.15) is 0 Å². The van der Waals surface area contributed by atoms with Crippen molar-refractivity contribution in [2.45, 2.75) is 0 Å². The second-order valence-corrected chi connectivity index (χ2v) is 6.13. The molecule has 0 aliphatic carbocycles. The van der Waals surface area contributed by atoms with Crippen molar-refractivity contribution in [1.29, 1.82) is 0 Å². The molecule has 3 aromatic rings. The predicted molar refractivity (Wildman–Crippen MR) is 103 cm³/mol. The molecule has 0 unspecified atom stereocenters. The van der Waals surface area contributed by atoms with Gasteiger partial charge in [-0.15, -0.1) is 0 Å². The van der Waals surface area contributed by atoms with Gasteiger partial charge in [-0.1, -0.05) is 23.2 Å². The minimum atomic E-state index is -0.729. The van der Waals surface area contributed by atoms with Crippen LogP contribution in [0.15, 0.2) is 47.8 Å². The van der Waals surface area contributed by atoms with Crippen LogP contribution in [0.1, 0.15) is 10.4 Å². The monoisotopic (exact) mass is 405 g/mol. The molecule has 0 spiro atoms. The number of amides is 1. The highest BCUT2D eigenvalue weighted by Crippen LogP contribution is 2.32. The van der Waals surface area contributed by atoms with Crippen LogP contribution in [-0.4, -0.2) is 27.6 Å². The normalized spacial score (nSPS) is 10.5. The number of methoxy groups -OCH3 is 1. The molecule has 0 fully saturated rings. The van der Waals surface area contributed by atoms with E-state index in [1.165, 1.54) is 25.4 Å². The number of aromatic nitrogens is 3. The molecular weight excluding hydrogens is 393 g/mol. The van der Waals surface area contributed by atoms with Crippen LogP contribution in [0.2, 0.25) is 10.0 Å². The topological polar surface area (TPSA) is 112 Å². The molecule has 0 saturated heterocycles. The van der Waals surface area contributed by atoms with Crippen molar-refractivity contribution in [2.75, 3.05) is 18.2 Å². The second kappa shape index (κ2) is 7.65. The third kappa shape index (κ3) is 3.71. The van der Waals surface area contributed by atoms with Gasteiger partial charge in [0.1, 0.15) is 23.5 Å². The molecular formula is C17H13Cl2N5O3. The highest BCUT2D eigenvalue weighted by atomic mass is 35.5. The summed E-state index contributed by atoms with van der Waals surface area (Å²) in [7, 11) is 1.46. The van der Waals surface area contributed by atoms with E-state index in [2.05, 4.69) is 15.3 Å². The Balaban J connectivity index is 2.10. The number of anilines is 2. The maximum absolute atomic E-state index is 12.9. The first kappa shape index (κ1) is 18.7. The minimum Gasteiger partial charge on any atom is -0.497 e. The number of hydrogen-bond donors (Lipinski definition) is 2.